The lowest BCUT2D eigenvalue weighted by Crippen LogP contribution is -2.47. The molecule has 0 bridgehead atoms. The fourth-order valence-corrected chi connectivity index (χ4v) is 5.86. The molecule has 3 aliphatic rings. The third-order valence-corrected chi connectivity index (χ3v) is 7.55. The number of para-hydroxylation sites is 2. The van der Waals surface area contributed by atoms with Gasteiger partial charge in [0.05, 0.1) is 0 Å². The van der Waals surface area contributed by atoms with Crippen LogP contribution in [0, 0.1) is 0 Å². The lowest BCUT2D eigenvalue weighted by Gasteiger charge is -2.40. The third-order valence-electron chi connectivity index (χ3n) is 7.55. The maximum Gasteiger partial charge on any atom is 0.0443 e. The zero-order valence-electron chi connectivity index (χ0n) is 19.3. The highest BCUT2D eigenvalue weighted by Crippen LogP contribution is 2.36. The van der Waals surface area contributed by atoms with Crippen molar-refractivity contribution in [2.45, 2.75) is 57.4 Å². The molecule has 0 unspecified atom stereocenters. The van der Waals surface area contributed by atoms with Crippen LogP contribution in [0.2, 0.25) is 0 Å². The topological polar surface area (TPSA) is 9.72 Å². The van der Waals surface area contributed by atoms with Gasteiger partial charge in [0.25, 0.3) is 0 Å². The van der Waals surface area contributed by atoms with Crippen molar-refractivity contribution in [2.75, 3.05) is 44.2 Å². The molecule has 5 rings (SSSR count). The summed E-state index contributed by atoms with van der Waals surface area (Å²) in [6.45, 7) is 7.60. The highest BCUT2D eigenvalue weighted by molar-refractivity contribution is 5.85. The summed E-state index contributed by atoms with van der Waals surface area (Å²) in [6, 6.07) is 18.9. The Labute approximate surface area is 207 Å². The molecule has 0 atom stereocenters. The molecule has 32 heavy (non-hydrogen) atoms. The van der Waals surface area contributed by atoms with E-state index in [0.29, 0.717) is 0 Å². The Balaban J connectivity index is 0.00000144. The largest absolute Gasteiger partial charge is 0.341 e. The van der Waals surface area contributed by atoms with Gasteiger partial charge in [-0.2, -0.15) is 0 Å². The van der Waals surface area contributed by atoms with Crippen molar-refractivity contribution in [3.8, 4) is 0 Å². The second kappa shape index (κ2) is 12.3. The number of halogens is 2. The number of nitrogens with zero attached hydrogens (tertiary/aromatic N) is 3. The van der Waals surface area contributed by atoms with Gasteiger partial charge < -0.3 is 14.7 Å². The molecule has 3 nitrogen and oxygen atoms in total. The summed E-state index contributed by atoms with van der Waals surface area (Å²) in [5.41, 5.74) is 5.84. The van der Waals surface area contributed by atoms with Crippen molar-refractivity contribution in [1.29, 1.82) is 0 Å². The Morgan fingerprint density at radius 1 is 0.656 bits per heavy atom. The lowest BCUT2D eigenvalue weighted by atomic mass is 10.00. The molecule has 0 amide bonds. The van der Waals surface area contributed by atoms with Crippen molar-refractivity contribution in [3.05, 3.63) is 59.7 Å². The normalized spacial score (nSPS) is 19.8. The van der Waals surface area contributed by atoms with E-state index in [2.05, 4.69) is 63.2 Å². The van der Waals surface area contributed by atoms with Crippen LogP contribution in [0.25, 0.3) is 0 Å². The highest BCUT2D eigenvalue weighted by Gasteiger charge is 2.26. The van der Waals surface area contributed by atoms with E-state index >= 15 is 0 Å². The Morgan fingerprint density at radius 3 is 1.81 bits per heavy atom. The number of piperidine rings is 2. The minimum absolute atomic E-state index is 0. The molecule has 0 spiro atoms. The first-order chi connectivity index (χ1) is 14.9. The lowest BCUT2D eigenvalue weighted by molar-refractivity contribution is 0.0924. The molecular weight excluding hydrogens is 437 g/mol. The Bertz CT molecular complexity index is 782. The van der Waals surface area contributed by atoms with Gasteiger partial charge in [0.2, 0.25) is 0 Å². The van der Waals surface area contributed by atoms with Gasteiger partial charge in [-0.1, -0.05) is 42.8 Å². The molecule has 2 fully saturated rings. The van der Waals surface area contributed by atoms with E-state index in [1.165, 1.54) is 93.8 Å². The molecule has 2 aromatic carbocycles. The first-order valence-corrected chi connectivity index (χ1v) is 12.3. The van der Waals surface area contributed by atoms with Crippen LogP contribution < -0.4 is 4.90 Å². The van der Waals surface area contributed by atoms with Gasteiger partial charge in [-0.3, -0.25) is 0 Å². The van der Waals surface area contributed by atoms with Crippen LogP contribution in [0.4, 0.5) is 11.4 Å². The predicted octanol–water partition coefficient (Wildman–Crippen LogP) is 6.11. The van der Waals surface area contributed by atoms with E-state index in [-0.39, 0.29) is 24.8 Å². The molecular formula is C27H39Cl2N3. The summed E-state index contributed by atoms with van der Waals surface area (Å²) in [5, 5.41) is 0. The SMILES string of the molecule is Cl.Cl.c1ccc2c(c1)CCc1ccccc1N2CCCN1CCC(N2CCCCC2)CC1. The molecule has 0 radical (unpaired) electrons. The molecule has 176 valence electrons. The number of benzene rings is 2. The zero-order valence-corrected chi connectivity index (χ0v) is 20.9. The fourth-order valence-electron chi connectivity index (χ4n) is 5.86. The zero-order chi connectivity index (χ0) is 20.2. The van der Waals surface area contributed by atoms with E-state index in [1.807, 2.05) is 0 Å². The first kappa shape index (κ1) is 25.4. The van der Waals surface area contributed by atoms with Crippen LogP contribution in [0.3, 0.4) is 0 Å². The predicted molar refractivity (Wildman–Crippen MR) is 141 cm³/mol. The molecule has 0 saturated carbocycles. The summed E-state index contributed by atoms with van der Waals surface area (Å²) in [7, 11) is 0. The van der Waals surface area contributed by atoms with Crippen LogP contribution in [-0.4, -0.2) is 55.1 Å². The van der Waals surface area contributed by atoms with Crippen molar-refractivity contribution in [2.24, 2.45) is 0 Å². The number of aryl methyl sites for hydroxylation is 2. The number of anilines is 2. The van der Waals surface area contributed by atoms with Gasteiger partial charge in [-0.05, 0) is 101 Å². The summed E-state index contributed by atoms with van der Waals surface area (Å²) in [4.78, 5) is 8.10. The molecule has 2 aromatic rings. The van der Waals surface area contributed by atoms with Crippen LogP contribution in [0.1, 0.15) is 49.7 Å². The molecule has 0 N–H and O–H groups in total. The molecule has 3 aliphatic heterocycles. The van der Waals surface area contributed by atoms with Gasteiger partial charge in [0.15, 0.2) is 0 Å². The summed E-state index contributed by atoms with van der Waals surface area (Å²) >= 11 is 0. The number of rotatable bonds is 5. The van der Waals surface area contributed by atoms with E-state index in [1.54, 1.807) is 0 Å². The maximum absolute atomic E-state index is 2.78. The van der Waals surface area contributed by atoms with E-state index < -0.39 is 0 Å². The minimum atomic E-state index is 0. The Morgan fingerprint density at radius 2 is 1.22 bits per heavy atom. The Hall–Kier alpha value is -1.26. The summed E-state index contributed by atoms with van der Waals surface area (Å²) in [5.74, 6) is 0. The number of hydrogen-bond acceptors (Lipinski definition) is 3. The second-order valence-electron chi connectivity index (χ2n) is 9.43. The van der Waals surface area contributed by atoms with Crippen molar-refractivity contribution in [3.63, 3.8) is 0 Å². The smallest absolute Gasteiger partial charge is 0.0443 e. The number of likely N-dealkylation sites (tertiary alicyclic amines) is 2. The number of hydrogen-bond donors (Lipinski definition) is 0. The quantitative estimate of drug-likeness (QED) is 0.516. The standard InChI is InChI=1S/C27H37N3.2ClH/c1-6-18-29(19-7-1)25-15-21-28(22-16-25)17-8-20-30-26-11-4-2-9-23(26)13-14-24-10-3-5-12-27(24)30;;/h2-5,9-12,25H,1,6-8,13-22H2;2*1H. The van der Waals surface area contributed by atoms with Crippen LogP contribution >= 0.6 is 24.8 Å². The van der Waals surface area contributed by atoms with E-state index in [0.717, 1.165) is 25.4 Å². The molecule has 5 heteroatoms. The van der Waals surface area contributed by atoms with Crippen LogP contribution in [-0.2, 0) is 12.8 Å². The molecule has 3 heterocycles. The van der Waals surface area contributed by atoms with Crippen molar-refractivity contribution >= 4 is 36.2 Å². The molecule has 2 saturated heterocycles. The average molecular weight is 477 g/mol. The van der Waals surface area contributed by atoms with Crippen LogP contribution in [0.5, 0.6) is 0 Å². The summed E-state index contributed by atoms with van der Waals surface area (Å²) < 4.78 is 0. The van der Waals surface area contributed by atoms with Crippen LogP contribution in [0.15, 0.2) is 48.5 Å². The van der Waals surface area contributed by atoms with E-state index in [9.17, 15) is 0 Å². The first-order valence-electron chi connectivity index (χ1n) is 12.3. The maximum atomic E-state index is 2.78. The second-order valence-corrected chi connectivity index (χ2v) is 9.43. The van der Waals surface area contributed by atoms with Gasteiger partial charge in [0.1, 0.15) is 0 Å². The number of fused-ring (bicyclic) bond motifs is 2. The monoisotopic (exact) mass is 475 g/mol. The van der Waals surface area contributed by atoms with Gasteiger partial charge in [0, 0.05) is 24.0 Å². The highest BCUT2D eigenvalue weighted by atomic mass is 35.5. The van der Waals surface area contributed by atoms with Gasteiger partial charge >= 0.3 is 0 Å². The minimum Gasteiger partial charge on any atom is -0.341 e. The average Bonchev–Trinajstić information content (AvgIpc) is 2.97. The van der Waals surface area contributed by atoms with Gasteiger partial charge in [-0.15, -0.1) is 24.8 Å². The van der Waals surface area contributed by atoms with E-state index in [4.69, 9.17) is 0 Å². The third kappa shape index (κ3) is 5.80. The Kier molecular flexibility index (Phi) is 9.73. The summed E-state index contributed by atoms with van der Waals surface area (Å²) in [6.07, 6.45) is 10.5. The molecule has 0 aliphatic carbocycles. The van der Waals surface area contributed by atoms with Crippen molar-refractivity contribution in [1.82, 2.24) is 9.80 Å². The van der Waals surface area contributed by atoms with Crippen molar-refractivity contribution < 1.29 is 0 Å². The van der Waals surface area contributed by atoms with Gasteiger partial charge in [-0.25, -0.2) is 0 Å². The fraction of sp³-hybridized carbons (Fsp3) is 0.556. The molecule has 0 aromatic heterocycles.